The van der Waals surface area contributed by atoms with Crippen LogP contribution >= 0.6 is 25.7 Å². The average Bonchev–Trinajstić information content (AvgIpc) is 3.42. The molecule has 2 aliphatic carbocycles. The molecule has 164 valence electrons. The predicted molar refractivity (Wildman–Crippen MR) is 126 cm³/mol. The fourth-order valence-corrected chi connectivity index (χ4v) is 4.91. The number of anilines is 2. The second kappa shape index (κ2) is 9.78. The molecule has 5 rings (SSSR count). The first-order chi connectivity index (χ1) is 14.3. The standard InChI is InChI=1S/C20H29N7OS.H2S/c1-26(21-9-12-27-10-4-11-27)29-28-20-23-19(24-25-20)22-18-16-7-2-5-14(16)13-15-6-3-8-17(15)18;/h13,21H,2-12H2,1H3,(H2,22,23,24,25);1H2. The van der Waals surface area contributed by atoms with Crippen LogP contribution in [-0.2, 0) is 25.7 Å². The maximum atomic E-state index is 5.64. The van der Waals surface area contributed by atoms with Crippen LogP contribution in [0.3, 0.4) is 0 Å². The molecule has 30 heavy (non-hydrogen) atoms. The van der Waals surface area contributed by atoms with Crippen LogP contribution in [0.5, 0.6) is 6.01 Å². The van der Waals surface area contributed by atoms with Gasteiger partial charge < -0.3 is 14.4 Å². The molecule has 1 aliphatic heterocycles. The smallest absolute Gasteiger partial charge is 0.350 e. The Morgan fingerprint density at radius 3 is 2.53 bits per heavy atom. The summed E-state index contributed by atoms with van der Waals surface area (Å²) in [5.74, 6) is 0.642. The lowest BCUT2D eigenvalue weighted by atomic mass is 9.99. The molecular formula is C20H31N7OS2. The molecule has 0 amide bonds. The quantitative estimate of drug-likeness (QED) is 0.306. The van der Waals surface area contributed by atoms with Crippen LogP contribution in [-0.4, -0.2) is 57.7 Å². The lowest BCUT2D eigenvalue weighted by molar-refractivity contribution is 0.174. The van der Waals surface area contributed by atoms with Crippen molar-refractivity contribution in [2.24, 2.45) is 0 Å². The fraction of sp³-hybridized carbons (Fsp3) is 0.600. The highest BCUT2D eigenvalue weighted by molar-refractivity contribution is 7.92. The van der Waals surface area contributed by atoms with Crippen molar-refractivity contribution in [2.75, 3.05) is 38.5 Å². The van der Waals surface area contributed by atoms with Gasteiger partial charge in [-0.25, -0.2) is 10.5 Å². The molecule has 0 bridgehead atoms. The van der Waals surface area contributed by atoms with Crippen molar-refractivity contribution in [3.05, 3.63) is 28.3 Å². The lowest BCUT2D eigenvalue weighted by Gasteiger charge is -2.31. The summed E-state index contributed by atoms with van der Waals surface area (Å²) >= 11 is 1.20. The van der Waals surface area contributed by atoms with Crippen LogP contribution in [0.2, 0.25) is 0 Å². The van der Waals surface area contributed by atoms with E-state index in [2.05, 4.69) is 36.9 Å². The van der Waals surface area contributed by atoms with E-state index in [9.17, 15) is 0 Å². The van der Waals surface area contributed by atoms with E-state index in [1.54, 1.807) is 0 Å². The normalized spacial score (nSPS) is 17.4. The Labute approximate surface area is 189 Å². The van der Waals surface area contributed by atoms with Gasteiger partial charge in [-0.15, -0.1) is 5.10 Å². The van der Waals surface area contributed by atoms with Crippen molar-refractivity contribution < 1.29 is 4.18 Å². The van der Waals surface area contributed by atoms with Gasteiger partial charge in [-0.3, -0.25) is 0 Å². The van der Waals surface area contributed by atoms with E-state index in [-0.39, 0.29) is 13.5 Å². The summed E-state index contributed by atoms with van der Waals surface area (Å²) in [5.41, 5.74) is 10.5. The van der Waals surface area contributed by atoms with Gasteiger partial charge in [0.2, 0.25) is 5.95 Å². The van der Waals surface area contributed by atoms with E-state index >= 15 is 0 Å². The number of nitrogens with one attached hydrogen (secondary N) is 3. The Balaban J connectivity index is 0.00000218. The summed E-state index contributed by atoms with van der Waals surface area (Å²) in [4.78, 5) is 6.90. The van der Waals surface area contributed by atoms with Gasteiger partial charge in [0, 0.05) is 25.8 Å². The van der Waals surface area contributed by atoms with Gasteiger partial charge in [0.15, 0.2) is 12.2 Å². The summed E-state index contributed by atoms with van der Waals surface area (Å²) in [7, 11) is 1.93. The highest BCUT2D eigenvalue weighted by Gasteiger charge is 2.24. The molecule has 1 aromatic carbocycles. The van der Waals surface area contributed by atoms with Gasteiger partial charge in [0.05, 0.1) is 0 Å². The van der Waals surface area contributed by atoms with Crippen molar-refractivity contribution >= 4 is 37.4 Å². The SMILES string of the molecule is CN(NCCN1CCC1)SOc1n[nH]c(Nc2c3c(cc4c2CCC4)CCC3)n1.S. The molecule has 1 saturated heterocycles. The molecule has 3 aliphatic rings. The second-order valence-electron chi connectivity index (χ2n) is 8.08. The molecule has 1 aromatic heterocycles. The number of rotatable bonds is 9. The number of aromatic amines is 1. The molecule has 10 heteroatoms. The number of nitrogens with zero attached hydrogens (tertiary/aromatic N) is 4. The largest absolute Gasteiger partial charge is 0.370 e. The number of hydrogen-bond acceptors (Lipinski definition) is 8. The number of aromatic nitrogens is 3. The molecule has 8 nitrogen and oxygen atoms in total. The monoisotopic (exact) mass is 449 g/mol. The molecule has 0 unspecified atom stereocenters. The zero-order valence-corrected chi connectivity index (χ0v) is 19.3. The van der Waals surface area contributed by atoms with E-state index < -0.39 is 0 Å². The molecule has 2 aromatic rings. The average molecular weight is 450 g/mol. The van der Waals surface area contributed by atoms with Gasteiger partial charge in [0.25, 0.3) is 0 Å². The number of likely N-dealkylation sites (tertiary alicyclic amines) is 1. The second-order valence-corrected chi connectivity index (χ2v) is 8.95. The minimum atomic E-state index is 0. The summed E-state index contributed by atoms with van der Waals surface area (Å²) in [5, 5.41) is 10.7. The van der Waals surface area contributed by atoms with Crippen LogP contribution in [0.4, 0.5) is 11.6 Å². The Kier molecular flexibility index (Phi) is 7.09. The molecule has 0 atom stereocenters. The number of hydrogen-bond donors (Lipinski definition) is 3. The van der Waals surface area contributed by atoms with Gasteiger partial charge >= 0.3 is 6.01 Å². The maximum absolute atomic E-state index is 5.64. The molecule has 0 saturated carbocycles. The Hall–Kier alpha value is -1.46. The fourth-order valence-electron chi connectivity index (χ4n) is 4.51. The van der Waals surface area contributed by atoms with E-state index in [4.69, 9.17) is 4.18 Å². The van der Waals surface area contributed by atoms with Gasteiger partial charge in [-0.1, -0.05) is 6.07 Å². The van der Waals surface area contributed by atoms with Crippen molar-refractivity contribution in [1.82, 2.24) is 29.9 Å². The number of fused-ring (bicyclic) bond motifs is 2. The highest BCUT2D eigenvalue weighted by Crippen LogP contribution is 2.39. The van der Waals surface area contributed by atoms with Crippen LogP contribution in [0.15, 0.2) is 6.07 Å². The third-order valence-corrected chi connectivity index (χ3v) is 6.69. The minimum Gasteiger partial charge on any atom is -0.370 e. The highest BCUT2D eigenvalue weighted by atomic mass is 32.2. The third-order valence-electron chi connectivity index (χ3n) is 6.12. The number of aryl methyl sites for hydroxylation is 2. The van der Waals surface area contributed by atoms with Crippen LogP contribution in [0.1, 0.15) is 41.5 Å². The Morgan fingerprint density at radius 2 is 1.87 bits per heavy atom. The number of H-pyrrole nitrogens is 1. The molecule has 3 N–H and O–H groups in total. The summed E-state index contributed by atoms with van der Waals surface area (Å²) in [6.07, 6.45) is 8.48. The summed E-state index contributed by atoms with van der Waals surface area (Å²) in [6.45, 7) is 4.40. The number of benzene rings is 1. The van der Waals surface area contributed by atoms with Crippen LogP contribution in [0.25, 0.3) is 0 Å². The molecule has 0 radical (unpaired) electrons. The molecule has 1 fully saturated rings. The minimum absolute atomic E-state index is 0. The van der Waals surface area contributed by atoms with Crippen molar-refractivity contribution in [3.8, 4) is 6.01 Å². The zero-order chi connectivity index (χ0) is 19.6. The Bertz CT molecular complexity index is 839. The van der Waals surface area contributed by atoms with Crippen molar-refractivity contribution in [3.63, 3.8) is 0 Å². The topological polar surface area (TPSA) is 81.3 Å². The van der Waals surface area contributed by atoms with E-state index in [0.717, 1.165) is 25.9 Å². The van der Waals surface area contributed by atoms with Crippen molar-refractivity contribution in [1.29, 1.82) is 0 Å². The van der Waals surface area contributed by atoms with Gasteiger partial charge in [0.1, 0.15) is 0 Å². The first-order valence-corrected chi connectivity index (χ1v) is 11.4. The molecular weight excluding hydrogens is 418 g/mol. The van der Waals surface area contributed by atoms with E-state index in [0.29, 0.717) is 12.0 Å². The maximum Gasteiger partial charge on any atom is 0.350 e. The summed E-state index contributed by atoms with van der Waals surface area (Å²) in [6, 6.07) is 2.77. The predicted octanol–water partition coefficient (Wildman–Crippen LogP) is 2.72. The van der Waals surface area contributed by atoms with Gasteiger partial charge in [-0.05, 0) is 80.3 Å². The Morgan fingerprint density at radius 1 is 1.13 bits per heavy atom. The summed E-state index contributed by atoms with van der Waals surface area (Å²) < 4.78 is 7.49. The van der Waals surface area contributed by atoms with Crippen LogP contribution < -0.4 is 14.9 Å². The van der Waals surface area contributed by atoms with Gasteiger partial charge in [-0.2, -0.15) is 22.9 Å². The third kappa shape index (κ3) is 4.72. The molecule has 2 heterocycles. The number of hydrazine groups is 1. The lowest BCUT2D eigenvalue weighted by Crippen LogP contribution is -2.43. The van der Waals surface area contributed by atoms with E-state index in [1.807, 2.05) is 11.5 Å². The van der Waals surface area contributed by atoms with Crippen molar-refractivity contribution in [2.45, 2.75) is 44.9 Å². The van der Waals surface area contributed by atoms with E-state index in [1.165, 1.54) is 85.4 Å². The van der Waals surface area contributed by atoms with Crippen LogP contribution in [0, 0.1) is 0 Å². The first-order valence-electron chi connectivity index (χ1n) is 10.7. The zero-order valence-electron chi connectivity index (χ0n) is 17.5. The molecule has 0 spiro atoms. The first kappa shape index (κ1) is 21.8.